The molecule has 4 atom stereocenters. The third kappa shape index (κ3) is 4.23. The summed E-state index contributed by atoms with van der Waals surface area (Å²) in [6, 6.07) is 11.1. The summed E-state index contributed by atoms with van der Waals surface area (Å²) in [4.78, 5) is 4.76. The van der Waals surface area contributed by atoms with Crippen LogP contribution in [0.15, 0.2) is 42.7 Å². The molecule has 1 aromatic heterocycles. The first-order valence-electron chi connectivity index (χ1n) is 10.5. The lowest BCUT2D eigenvalue weighted by Crippen LogP contribution is -2.44. The maximum absolute atomic E-state index is 6.08. The van der Waals surface area contributed by atoms with Crippen molar-refractivity contribution in [2.24, 2.45) is 11.8 Å². The molecule has 160 valence electrons. The van der Waals surface area contributed by atoms with Crippen LogP contribution in [0.5, 0.6) is 0 Å². The summed E-state index contributed by atoms with van der Waals surface area (Å²) >= 11 is 0. The van der Waals surface area contributed by atoms with Crippen LogP contribution in [0, 0.1) is 11.8 Å². The lowest BCUT2D eigenvalue weighted by molar-refractivity contribution is -0.0848. The molecule has 2 saturated heterocycles. The maximum Gasteiger partial charge on any atom is 0.112 e. The predicted molar refractivity (Wildman–Crippen MR) is 121 cm³/mol. The Kier molecular flexibility index (Phi) is 6.69. The number of nitrogens with zero attached hydrogens (tertiary/aromatic N) is 2. The zero-order chi connectivity index (χ0) is 18.5. The Morgan fingerprint density at radius 1 is 1.14 bits per heavy atom. The van der Waals surface area contributed by atoms with E-state index >= 15 is 0 Å². The van der Waals surface area contributed by atoms with Gasteiger partial charge in [-0.15, -0.1) is 24.8 Å². The quantitative estimate of drug-likeness (QED) is 0.743. The van der Waals surface area contributed by atoms with Crippen LogP contribution in [-0.2, 0) is 16.7 Å². The Labute approximate surface area is 186 Å². The van der Waals surface area contributed by atoms with Crippen molar-refractivity contribution in [1.29, 1.82) is 0 Å². The second-order valence-electron chi connectivity index (χ2n) is 9.42. The molecule has 2 aliphatic heterocycles. The summed E-state index contributed by atoms with van der Waals surface area (Å²) in [6.45, 7) is 8.71. The highest BCUT2D eigenvalue weighted by molar-refractivity contribution is 5.85. The molecular weight excluding hydrogens is 405 g/mol. The molecule has 6 heteroatoms. The van der Waals surface area contributed by atoms with Crippen LogP contribution in [-0.4, -0.2) is 34.8 Å². The van der Waals surface area contributed by atoms with E-state index in [2.05, 4.69) is 60.3 Å². The molecule has 4 nitrogen and oxygen atoms in total. The number of aromatic nitrogens is 2. The van der Waals surface area contributed by atoms with Crippen LogP contribution < -0.4 is 5.32 Å². The van der Waals surface area contributed by atoms with Crippen LogP contribution in [0.25, 0.3) is 0 Å². The van der Waals surface area contributed by atoms with Gasteiger partial charge >= 0.3 is 0 Å². The highest BCUT2D eigenvalue weighted by Crippen LogP contribution is 2.55. The van der Waals surface area contributed by atoms with Crippen LogP contribution in [0.1, 0.15) is 50.4 Å². The van der Waals surface area contributed by atoms with Gasteiger partial charge in [0.15, 0.2) is 0 Å². The molecule has 2 unspecified atom stereocenters. The topological polar surface area (TPSA) is 39.1 Å². The van der Waals surface area contributed by atoms with E-state index < -0.39 is 0 Å². The Morgan fingerprint density at radius 2 is 1.86 bits per heavy atom. The van der Waals surface area contributed by atoms with Crippen molar-refractivity contribution in [2.45, 2.75) is 56.6 Å². The van der Waals surface area contributed by atoms with E-state index in [0.29, 0.717) is 5.92 Å². The molecule has 3 heterocycles. The van der Waals surface area contributed by atoms with Gasteiger partial charge in [-0.1, -0.05) is 30.3 Å². The van der Waals surface area contributed by atoms with Gasteiger partial charge in [0, 0.05) is 36.9 Å². The number of piperidine rings is 1. The number of nitrogens with one attached hydrogen (secondary N) is 1. The monoisotopic (exact) mass is 437 g/mol. The van der Waals surface area contributed by atoms with Crippen LogP contribution >= 0.6 is 24.8 Å². The smallest absolute Gasteiger partial charge is 0.112 e. The highest BCUT2D eigenvalue weighted by Gasteiger charge is 2.55. The number of ether oxygens (including phenoxy) is 1. The Hall–Kier alpha value is -1.07. The Bertz CT molecular complexity index is 799. The molecule has 29 heavy (non-hydrogen) atoms. The first-order chi connectivity index (χ1) is 13.1. The standard InChI is InChI=1S/C23H31N3O.2ClH/c1-22(2)16-23(9-13-27-22,17-6-4-3-5-7-17)8-11-26-12-10-25-21(26)20-18-14-24-15-19(18)20;;/h3-7,10,12,18-20,24H,8-9,11,13-16H2,1-2H3;2*1H/t18-,19+,20?,23?;;. The number of benzene rings is 1. The van der Waals surface area contributed by atoms with Crippen LogP contribution in [0.3, 0.4) is 0 Å². The van der Waals surface area contributed by atoms with E-state index in [4.69, 9.17) is 9.72 Å². The third-order valence-electron chi connectivity index (χ3n) is 7.19. The molecule has 0 bridgehead atoms. The van der Waals surface area contributed by atoms with Crippen molar-refractivity contribution in [1.82, 2.24) is 14.9 Å². The number of fused-ring (bicyclic) bond motifs is 1. The number of imidazole rings is 1. The molecule has 0 spiro atoms. The van der Waals surface area contributed by atoms with Crippen LogP contribution in [0.4, 0.5) is 0 Å². The summed E-state index contributed by atoms with van der Waals surface area (Å²) in [5, 5.41) is 3.50. The minimum atomic E-state index is -0.0644. The highest BCUT2D eigenvalue weighted by atomic mass is 35.5. The zero-order valence-electron chi connectivity index (χ0n) is 17.3. The Morgan fingerprint density at radius 3 is 2.55 bits per heavy atom. The SMILES string of the molecule is CC1(C)CC(CCn2ccnc2C2[C@H]3CNC[C@@H]23)(c2ccccc2)CCO1.Cl.Cl. The first-order valence-corrected chi connectivity index (χ1v) is 10.5. The van der Waals surface area contributed by atoms with E-state index in [9.17, 15) is 0 Å². The largest absolute Gasteiger partial charge is 0.376 e. The van der Waals surface area contributed by atoms with Gasteiger partial charge in [0.2, 0.25) is 0 Å². The fraction of sp³-hybridized carbons (Fsp3) is 0.609. The molecule has 1 saturated carbocycles. The van der Waals surface area contributed by atoms with Crippen molar-refractivity contribution < 1.29 is 4.74 Å². The fourth-order valence-electron chi connectivity index (χ4n) is 5.82. The molecule has 2 aromatic rings. The molecular formula is C23H33Cl2N3O. The average molecular weight is 438 g/mol. The molecule has 1 aromatic carbocycles. The van der Waals surface area contributed by atoms with E-state index in [1.807, 2.05) is 6.20 Å². The van der Waals surface area contributed by atoms with E-state index in [1.165, 1.54) is 24.5 Å². The van der Waals surface area contributed by atoms with Gasteiger partial charge in [-0.3, -0.25) is 0 Å². The predicted octanol–water partition coefficient (Wildman–Crippen LogP) is 4.58. The summed E-state index contributed by atoms with van der Waals surface area (Å²) in [7, 11) is 0. The summed E-state index contributed by atoms with van der Waals surface area (Å²) in [6.07, 6.45) is 7.52. The van der Waals surface area contributed by atoms with Gasteiger partial charge in [-0.05, 0) is 63.6 Å². The van der Waals surface area contributed by atoms with Gasteiger partial charge in [0.25, 0.3) is 0 Å². The normalized spacial score (nSPS) is 32.0. The minimum Gasteiger partial charge on any atom is -0.376 e. The van der Waals surface area contributed by atoms with Gasteiger partial charge in [-0.25, -0.2) is 4.98 Å². The zero-order valence-corrected chi connectivity index (χ0v) is 19.0. The Balaban J connectivity index is 0.00000120. The van der Waals surface area contributed by atoms with Crippen LogP contribution in [0.2, 0.25) is 0 Å². The van der Waals surface area contributed by atoms with Gasteiger partial charge in [-0.2, -0.15) is 0 Å². The molecule has 1 N–H and O–H groups in total. The second kappa shape index (κ2) is 8.58. The lowest BCUT2D eigenvalue weighted by atomic mass is 9.67. The number of hydrogen-bond donors (Lipinski definition) is 1. The van der Waals surface area contributed by atoms with Crippen molar-refractivity contribution >= 4 is 24.8 Å². The molecule has 0 radical (unpaired) electrons. The molecule has 1 aliphatic carbocycles. The van der Waals surface area contributed by atoms with Crippen molar-refractivity contribution in [2.75, 3.05) is 19.7 Å². The van der Waals surface area contributed by atoms with Gasteiger partial charge in [0.1, 0.15) is 5.82 Å². The molecule has 5 rings (SSSR count). The second-order valence-corrected chi connectivity index (χ2v) is 9.42. The van der Waals surface area contributed by atoms with E-state index in [1.54, 1.807) is 0 Å². The third-order valence-corrected chi connectivity index (χ3v) is 7.19. The molecule has 0 amide bonds. The number of rotatable bonds is 5. The fourth-order valence-corrected chi connectivity index (χ4v) is 5.82. The molecule has 3 aliphatic rings. The number of hydrogen-bond acceptors (Lipinski definition) is 3. The number of aryl methyl sites for hydroxylation is 1. The van der Waals surface area contributed by atoms with Crippen molar-refractivity contribution in [3.63, 3.8) is 0 Å². The first kappa shape index (κ1) is 22.6. The van der Waals surface area contributed by atoms with E-state index in [-0.39, 0.29) is 35.8 Å². The van der Waals surface area contributed by atoms with Gasteiger partial charge in [0.05, 0.1) is 5.60 Å². The molecule has 3 fully saturated rings. The lowest BCUT2D eigenvalue weighted by Gasteiger charge is -2.45. The minimum absolute atomic E-state index is 0. The van der Waals surface area contributed by atoms with Gasteiger partial charge < -0.3 is 14.6 Å². The van der Waals surface area contributed by atoms with Crippen molar-refractivity contribution in [3.05, 3.63) is 54.1 Å². The number of halogens is 2. The maximum atomic E-state index is 6.08. The summed E-state index contributed by atoms with van der Waals surface area (Å²) < 4.78 is 8.52. The summed E-state index contributed by atoms with van der Waals surface area (Å²) in [5.41, 5.74) is 1.59. The average Bonchev–Trinajstić information content (AvgIpc) is 3.05. The van der Waals surface area contributed by atoms with Crippen molar-refractivity contribution in [3.8, 4) is 0 Å². The van der Waals surface area contributed by atoms with E-state index in [0.717, 1.165) is 44.2 Å². The summed E-state index contributed by atoms with van der Waals surface area (Å²) in [5.74, 6) is 3.63.